The molecule has 0 aliphatic carbocycles. The summed E-state index contributed by atoms with van der Waals surface area (Å²) < 4.78 is 1.43. The molecule has 0 unspecified atom stereocenters. The van der Waals surface area contributed by atoms with Crippen LogP contribution in [0.15, 0.2) is 17.6 Å². The maximum absolute atomic E-state index is 9.19. The zero-order valence-electron chi connectivity index (χ0n) is 5.11. The van der Waals surface area contributed by atoms with Gasteiger partial charge in [-0.1, -0.05) is 0 Å². The van der Waals surface area contributed by atoms with Crippen molar-refractivity contribution in [3.8, 4) is 5.75 Å². The summed E-state index contributed by atoms with van der Waals surface area (Å²) in [4.78, 5) is 0.900. The summed E-state index contributed by atoms with van der Waals surface area (Å²) in [6, 6.07) is 1.85. The van der Waals surface area contributed by atoms with Gasteiger partial charge in [0, 0.05) is 0 Å². The van der Waals surface area contributed by atoms with Crippen molar-refractivity contribution < 1.29 is 5.11 Å². The minimum absolute atomic E-state index is 0.249. The highest BCUT2D eigenvalue weighted by molar-refractivity contribution is 7.16. The first kappa shape index (κ1) is 5.61. The quantitative estimate of drug-likeness (QED) is 0.559. The lowest BCUT2D eigenvalue weighted by Gasteiger charge is -1.86. The van der Waals surface area contributed by atoms with Crippen molar-refractivity contribution >= 4 is 21.6 Å². The first-order valence-corrected chi connectivity index (χ1v) is 3.69. The van der Waals surface area contributed by atoms with E-state index in [1.807, 2.05) is 11.4 Å². The first-order valence-electron chi connectivity index (χ1n) is 2.81. The Kier molecular flexibility index (Phi) is 0.935. The number of nitrogens with two attached hydrogens (primary N) is 1. The zero-order chi connectivity index (χ0) is 7.14. The van der Waals surface area contributed by atoms with E-state index < -0.39 is 0 Å². The van der Waals surface area contributed by atoms with E-state index in [0.717, 1.165) is 10.2 Å². The van der Waals surface area contributed by atoms with Gasteiger partial charge in [0.05, 0.1) is 11.6 Å². The summed E-state index contributed by atoms with van der Waals surface area (Å²) in [6.07, 6.45) is 1.50. The van der Waals surface area contributed by atoms with Gasteiger partial charge >= 0.3 is 0 Å². The van der Waals surface area contributed by atoms with Crippen molar-refractivity contribution in [2.24, 2.45) is 0 Å². The molecular formula is C6H6N2OS. The van der Waals surface area contributed by atoms with Crippen molar-refractivity contribution in [2.45, 2.75) is 0 Å². The average molecular weight is 154 g/mol. The van der Waals surface area contributed by atoms with Gasteiger partial charge in [-0.25, -0.2) is 0 Å². The standard InChI is InChI=1S/C6H6N2OS/c7-8-3-5(9)4-1-2-10-6(4)8/h1-3,9H,7H2. The average Bonchev–Trinajstić information content (AvgIpc) is 2.39. The molecule has 0 aliphatic rings. The fourth-order valence-corrected chi connectivity index (χ4v) is 1.76. The second-order valence-electron chi connectivity index (χ2n) is 2.06. The van der Waals surface area contributed by atoms with Gasteiger partial charge in [-0.2, -0.15) is 0 Å². The van der Waals surface area contributed by atoms with Crippen LogP contribution in [0.25, 0.3) is 10.2 Å². The van der Waals surface area contributed by atoms with Crippen molar-refractivity contribution in [3.63, 3.8) is 0 Å². The number of nitrogen functional groups attached to an aromatic ring is 1. The van der Waals surface area contributed by atoms with Crippen molar-refractivity contribution in [2.75, 3.05) is 5.84 Å². The topological polar surface area (TPSA) is 51.2 Å². The lowest BCUT2D eigenvalue weighted by atomic mass is 10.4. The largest absolute Gasteiger partial charge is 0.506 e. The van der Waals surface area contributed by atoms with E-state index in [4.69, 9.17) is 5.84 Å². The summed E-state index contributed by atoms with van der Waals surface area (Å²) >= 11 is 1.51. The highest BCUT2D eigenvalue weighted by atomic mass is 32.1. The fourth-order valence-electron chi connectivity index (χ4n) is 0.956. The lowest BCUT2D eigenvalue weighted by molar-refractivity contribution is 0.480. The van der Waals surface area contributed by atoms with Crippen LogP contribution in [0.4, 0.5) is 0 Å². The molecule has 0 aliphatic heterocycles. The number of rotatable bonds is 0. The SMILES string of the molecule is Nn1cc(O)c2ccsc21. The van der Waals surface area contributed by atoms with Crippen LogP contribution in [-0.2, 0) is 0 Å². The van der Waals surface area contributed by atoms with E-state index in [9.17, 15) is 5.11 Å². The molecule has 0 radical (unpaired) electrons. The lowest BCUT2D eigenvalue weighted by Crippen LogP contribution is -2.03. The van der Waals surface area contributed by atoms with E-state index in [1.165, 1.54) is 22.2 Å². The van der Waals surface area contributed by atoms with Crippen LogP contribution in [-0.4, -0.2) is 9.78 Å². The van der Waals surface area contributed by atoms with Gasteiger partial charge in [0.15, 0.2) is 0 Å². The van der Waals surface area contributed by atoms with E-state index in [2.05, 4.69) is 0 Å². The predicted octanol–water partition coefficient (Wildman–Crippen LogP) is 1.12. The molecule has 2 aromatic heterocycles. The number of fused-ring (bicyclic) bond motifs is 1. The summed E-state index contributed by atoms with van der Waals surface area (Å²) in [7, 11) is 0. The third-order valence-electron chi connectivity index (χ3n) is 1.42. The molecule has 0 spiro atoms. The van der Waals surface area contributed by atoms with Crippen LogP contribution in [0.3, 0.4) is 0 Å². The van der Waals surface area contributed by atoms with Crippen LogP contribution in [0.1, 0.15) is 0 Å². The molecule has 2 aromatic rings. The number of hydrogen-bond donors (Lipinski definition) is 2. The smallest absolute Gasteiger partial charge is 0.144 e. The summed E-state index contributed by atoms with van der Waals surface area (Å²) in [5.41, 5.74) is 0. The summed E-state index contributed by atoms with van der Waals surface area (Å²) in [6.45, 7) is 0. The van der Waals surface area contributed by atoms with E-state index >= 15 is 0 Å². The van der Waals surface area contributed by atoms with E-state index in [-0.39, 0.29) is 5.75 Å². The molecule has 0 amide bonds. The molecule has 0 fully saturated rings. The Balaban J connectivity index is 2.98. The van der Waals surface area contributed by atoms with Crippen LogP contribution in [0.5, 0.6) is 5.75 Å². The molecule has 10 heavy (non-hydrogen) atoms. The molecule has 0 atom stereocenters. The number of hydrogen-bond acceptors (Lipinski definition) is 3. The highest BCUT2D eigenvalue weighted by Crippen LogP contribution is 2.29. The number of aromatic hydroxyl groups is 1. The van der Waals surface area contributed by atoms with Crippen LogP contribution >= 0.6 is 11.3 Å². The molecule has 0 aromatic carbocycles. The van der Waals surface area contributed by atoms with Gasteiger partial charge in [0.25, 0.3) is 0 Å². The van der Waals surface area contributed by atoms with Crippen LogP contribution < -0.4 is 5.84 Å². The Labute approximate surface area is 61.3 Å². The van der Waals surface area contributed by atoms with Crippen molar-refractivity contribution in [1.82, 2.24) is 4.68 Å². The Morgan fingerprint density at radius 3 is 3.10 bits per heavy atom. The molecule has 3 N–H and O–H groups in total. The Hall–Kier alpha value is -1.16. The van der Waals surface area contributed by atoms with Crippen LogP contribution in [0.2, 0.25) is 0 Å². The molecule has 0 bridgehead atoms. The Morgan fingerprint density at radius 1 is 1.60 bits per heavy atom. The molecule has 0 saturated carbocycles. The molecule has 52 valence electrons. The normalized spacial score (nSPS) is 10.8. The summed E-state index contributed by atoms with van der Waals surface area (Å²) in [5.74, 6) is 5.74. The number of aromatic nitrogens is 1. The molecule has 2 heterocycles. The Morgan fingerprint density at radius 2 is 2.40 bits per heavy atom. The minimum atomic E-state index is 0.249. The third kappa shape index (κ3) is 0.537. The predicted molar refractivity (Wildman–Crippen MR) is 41.6 cm³/mol. The minimum Gasteiger partial charge on any atom is -0.506 e. The maximum atomic E-state index is 9.19. The monoisotopic (exact) mass is 154 g/mol. The van der Waals surface area contributed by atoms with Gasteiger partial charge in [-0.3, -0.25) is 4.68 Å². The van der Waals surface area contributed by atoms with Gasteiger partial charge in [-0.15, -0.1) is 11.3 Å². The molecule has 3 nitrogen and oxygen atoms in total. The number of thiophene rings is 1. The van der Waals surface area contributed by atoms with Gasteiger partial charge in [-0.05, 0) is 11.4 Å². The van der Waals surface area contributed by atoms with Gasteiger partial charge in [0.2, 0.25) is 0 Å². The van der Waals surface area contributed by atoms with E-state index in [0.29, 0.717) is 0 Å². The van der Waals surface area contributed by atoms with Gasteiger partial charge in [0.1, 0.15) is 10.6 Å². The second-order valence-corrected chi connectivity index (χ2v) is 2.96. The fraction of sp³-hybridized carbons (Fsp3) is 0. The third-order valence-corrected chi connectivity index (χ3v) is 2.34. The van der Waals surface area contributed by atoms with Gasteiger partial charge < -0.3 is 10.9 Å². The van der Waals surface area contributed by atoms with Crippen molar-refractivity contribution in [3.05, 3.63) is 17.6 Å². The molecule has 0 saturated heterocycles. The van der Waals surface area contributed by atoms with Crippen molar-refractivity contribution in [1.29, 1.82) is 0 Å². The van der Waals surface area contributed by atoms with E-state index in [1.54, 1.807) is 0 Å². The first-order chi connectivity index (χ1) is 4.79. The number of nitrogens with zero attached hydrogens (tertiary/aromatic N) is 1. The molecule has 2 rings (SSSR count). The van der Waals surface area contributed by atoms with Crippen LogP contribution in [0, 0.1) is 0 Å². The molecular weight excluding hydrogens is 148 g/mol. The Bertz CT molecular complexity index is 331. The zero-order valence-corrected chi connectivity index (χ0v) is 5.93. The molecule has 4 heteroatoms. The second kappa shape index (κ2) is 1.67. The highest BCUT2D eigenvalue weighted by Gasteiger charge is 2.04. The summed E-state index contributed by atoms with van der Waals surface area (Å²) in [5, 5.41) is 11.9. The maximum Gasteiger partial charge on any atom is 0.144 e.